The number of aliphatic hydroxyl groups excluding tert-OH is 1. The van der Waals surface area contributed by atoms with Crippen molar-refractivity contribution in [2.75, 3.05) is 11.6 Å². The quantitative estimate of drug-likeness (QED) is 0.119. The van der Waals surface area contributed by atoms with Crippen LogP contribution in [0.1, 0.15) is 12.8 Å². The summed E-state index contributed by atoms with van der Waals surface area (Å²) in [4.78, 5) is 3.91. The van der Waals surface area contributed by atoms with Crippen LogP contribution in [0.25, 0.3) is 0 Å². The van der Waals surface area contributed by atoms with Crippen molar-refractivity contribution < 1.29 is 14.9 Å². The lowest BCUT2D eigenvalue weighted by Crippen LogP contribution is -2.43. The molecule has 0 unspecified atom stereocenters. The fourth-order valence-corrected chi connectivity index (χ4v) is 2.10. The molecule has 0 fully saturated rings. The summed E-state index contributed by atoms with van der Waals surface area (Å²) >= 11 is 5.89. The zero-order valence-electron chi connectivity index (χ0n) is 12.4. The number of aliphatic hydroxyl groups is 2. The van der Waals surface area contributed by atoms with E-state index in [-0.39, 0.29) is 6.42 Å². The summed E-state index contributed by atoms with van der Waals surface area (Å²) < 4.78 is 5.50. The number of rotatable bonds is 7. The van der Waals surface area contributed by atoms with Gasteiger partial charge in [-0.25, -0.2) is 5.84 Å². The average Bonchev–Trinajstić information content (AvgIpc) is 2.53. The molecular formula is C14H20ClN5O3. The lowest BCUT2D eigenvalue weighted by atomic mass is 10.2. The first kappa shape index (κ1) is 17.4. The van der Waals surface area contributed by atoms with Gasteiger partial charge in [0.25, 0.3) is 0 Å². The van der Waals surface area contributed by atoms with Crippen LogP contribution in [-0.2, 0) is 0 Å². The molecule has 1 aromatic rings. The Bertz CT molecular complexity index is 576. The van der Waals surface area contributed by atoms with Gasteiger partial charge in [-0.15, -0.1) is 0 Å². The molecule has 9 heteroatoms. The summed E-state index contributed by atoms with van der Waals surface area (Å²) in [6.07, 6.45) is 0.972. The molecule has 7 N–H and O–H groups in total. The van der Waals surface area contributed by atoms with Crippen LogP contribution in [0.15, 0.2) is 40.8 Å². The molecule has 0 saturated heterocycles. The molecular weight excluding hydrogens is 322 g/mol. The monoisotopic (exact) mass is 341 g/mol. The number of aliphatic imine (C=N–C) groups is 1. The standard InChI is InChI=1S/C14H20ClN5O3/c15-14-18-8-11(16)13(19-14)20(17)9-3-5-10(6-4-9)23-7-1-2-12(21)22/h3-6,8,12,14,19,21-22H,1-2,7,16-17H2/t14-/m1/s1. The second-order valence-corrected chi connectivity index (χ2v) is 5.31. The Balaban J connectivity index is 1.95. The molecule has 1 heterocycles. The highest BCUT2D eigenvalue weighted by atomic mass is 35.5. The van der Waals surface area contributed by atoms with Gasteiger partial charge in [0.05, 0.1) is 24.2 Å². The number of alkyl halides is 1. The maximum Gasteiger partial charge on any atom is 0.196 e. The van der Waals surface area contributed by atoms with E-state index < -0.39 is 11.9 Å². The number of nitrogens with one attached hydrogen (secondary N) is 1. The number of hydrogen-bond acceptors (Lipinski definition) is 8. The maximum absolute atomic E-state index is 8.75. The predicted octanol–water partition coefficient (Wildman–Crippen LogP) is 0.161. The summed E-state index contributed by atoms with van der Waals surface area (Å²) in [5.41, 5.74) is 6.29. The number of hydrazine groups is 1. The molecule has 0 saturated carbocycles. The lowest BCUT2D eigenvalue weighted by molar-refractivity contribution is -0.0479. The van der Waals surface area contributed by atoms with Crippen LogP contribution in [0, 0.1) is 0 Å². The number of nitrogens with zero attached hydrogens (tertiary/aromatic N) is 2. The molecule has 0 amide bonds. The second-order valence-electron chi connectivity index (χ2n) is 4.90. The van der Waals surface area contributed by atoms with Gasteiger partial charge in [-0.3, -0.25) is 10.0 Å². The molecule has 1 aliphatic rings. The number of ether oxygens (including phenoxy) is 1. The molecule has 0 aliphatic carbocycles. The van der Waals surface area contributed by atoms with Crippen LogP contribution in [-0.4, -0.2) is 34.9 Å². The molecule has 8 nitrogen and oxygen atoms in total. The molecule has 1 aliphatic heterocycles. The van der Waals surface area contributed by atoms with Crippen molar-refractivity contribution in [1.82, 2.24) is 5.32 Å². The smallest absolute Gasteiger partial charge is 0.196 e. The fourth-order valence-electron chi connectivity index (χ4n) is 1.94. The number of allylic oxidation sites excluding steroid dienone is 1. The SMILES string of the molecule is NC1=C(N(N)c2ccc(OCCCC(O)O)cc2)N[C@H](Cl)N=C1. The van der Waals surface area contributed by atoms with Gasteiger partial charge >= 0.3 is 0 Å². The van der Waals surface area contributed by atoms with E-state index in [2.05, 4.69) is 10.3 Å². The number of halogens is 1. The van der Waals surface area contributed by atoms with E-state index in [0.717, 1.165) is 0 Å². The second kappa shape index (κ2) is 8.02. The molecule has 0 aromatic heterocycles. The third kappa shape index (κ3) is 5.00. The van der Waals surface area contributed by atoms with Crippen LogP contribution in [0.2, 0.25) is 0 Å². The fraction of sp³-hybridized carbons (Fsp3) is 0.357. The van der Waals surface area contributed by atoms with Gasteiger partial charge in [0.15, 0.2) is 11.9 Å². The number of benzene rings is 1. The van der Waals surface area contributed by atoms with Crippen LogP contribution >= 0.6 is 11.6 Å². The van der Waals surface area contributed by atoms with Crippen molar-refractivity contribution in [2.45, 2.75) is 24.8 Å². The van der Waals surface area contributed by atoms with Crippen molar-refractivity contribution >= 4 is 23.5 Å². The summed E-state index contributed by atoms with van der Waals surface area (Å²) in [6.45, 7) is 0.396. The van der Waals surface area contributed by atoms with Gasteiger partial charge in [-0.1, -0.05) is 11.6 Å². The minimum absolute atomic E-state index is 0.273. The first-order valence-electron chi connectivity index (χ1n) is 7.04. The van der Waals surface area contributed by atoms with E-state index in [1.807, 2.05) is 0 Å². The van der Waals surface area contributed by atoms with Crippen molar-refractivity contribution in [2.24, 2.45) is 16.6 Å². The van der Waals surface area contributed by atoms with E-state index in [1.54, 1.807) is 24.3 Å². The summed E-state index contributed by atoms with van der Waals surface area (Å²) in [5, 5.41) is 21.8. The van der Waals surface area contributed by atoms with Crippen LogP contribution in [0.4, 0.5) is 5.69 Å². The van der Waals surface area contributed by atoms with Gasteiger partial charge in [0.1, 0.15) is 11.6 Å². The Morgan fingerprint density at radius 3 is 2.70 bits per heavy atom. The van der Waals surface area contributed by atoms with Gasteiger partial charge in [-0.2, -0.15) is 0 Å². The molecule has 0 spiro atoms. The minimum atomic E-state index is -1.30. The van der Waals surface area contributed by atoms with Gasteiger partial charge in [0, 0.05) is 6.42 Å². The third-order valence-corrected chi connectivity index (χ3v) is 3.33. The minimum Gasteiger partial charge on any atom is -0.494 e. The number of anilines is 1. The van der Waals surface area contributed by atoms with E-state index in [4.69, 9.17) is 38.1 Å². The molecule has 0 radical (unpaired) electrons. The van der Waals surface area contributed by atoms with Gasteiger partial charge < -0.3 is 26.0 Å². The molecule has 2 rings (SSSR count). The van der Waals surface area contributed by atoms with E-state index >= 15 is 0 Å². The molecule has 0 bridgehead atoms. The van der Waals surface area contributed by atoms with Crippen LogP contribution in [0.3, 0.4) is 0 Å². The van der Waals surface area contributed by atoms with E-state index in [0.29, 0.717) is 36.0 Å². The first-order chi connectivity index (χ1) is 11.0. The van der Waals surface area contributed by atoms with Crippen molar-refractivity contribution in [3.8, 4) is 5.75 Å². The Hall–Kier alpha value is -2.00. The lowest BCUT2D eigenvalue weighted by Gasteiger charge is -2.27. The zero-order chi connectivity index (χ0) is 16.8. The molecule has 126 valence electrons. The average molecular weight is 342 g/mol. The highest BCUT2D eigenvalue weighted by Gasteiger charge is 2.17. The maximum atomic E-state index is 8.75. The van der Waals surface area contributed by atoms with Crippen molar-refractivity contribution in [3.05, 3.63) is 35.8 Å². The van der Waals surface area contributed by atoms with Gasteiger partial charge in [0.2, 0.25) is 0 Å². The number of hydrogen-bond donors (Lipinski definition) is 5. The van der Waals surface area contributed by atoms with E-state index in [9.17, 15) is 0 Å². The van der Waals surface area contributed by atoms with Gasteiger partial charge in [-0.05, 0) is 30.7 Å². The third-order valence-electron chi connectivity index (χ3n) is 3.10. The first-order valence-corrected chi connectivity index (χ1v) is 7.48. The zero-order valence-corrected chi connectivity index (χ0v) is 13.1. The molecule has 1 atom stereocenters. The predicted molar refractivity (Wildman–Crippen MR) is 88.5 cm³/mol. The van der Waals surface area contributed by atoms with Crippen LogP contribution < -0.4 is 26.6 Å². The Kier molecular flexibility index (Phi) is 6.05. The van der Waals surface area contributed by atoms with E-state index in [1.165, 1.54) is 11.2 Å². The summed E-state index contributed by atoms with van der Waals surface area (Å²) in [6, 6.07) is 7.06. The van der Waals surface area contributed by atoms with Crippen LogP contribution in [0.5, 0.6) is 5.75 Å². The Morgan fingerprint density at radius 2 is 2.04 bits per heavy atom. The summed E-state index contributed by atoms with van der Waals surface area (Å²) in [5.74, 6) is 7.16. The largest absolute Gasteiger partial charge is 0.494 e. The Morgan fingerprint density at radius 1 is 1.35 bits per heavy atom. The molecule has 23 heavy (non-hydrogen) atoms. The summed E-state index contributed by atoms with van der Waals surface area (Å²) in [7, 11) is 0. The number of nitrogens with two attached hydrogens (primary N) is 2. The van der Waals surface area contributed by atoms with Crippen molar-refractivity contribution in [3.63, 3.8) is 0 Å². The topological polar surface area (TPSA) is 129 Å². The van der Waals surface area contributed by atoms with Crippen molar-refractivity contribution in [1.29, 1.82) is 0 Å². The highest BCUT2D eigenvalue weighted by molar-refractivity contribution is 6.21. The normalized spacial score (nSPS) is 17.3. The molecule has 1 aromatic carbocycles. The Labute approximate surface area is 139 Å². The highest BCUT2D eigenvalue weighted by Crippen LogP contribution is 2.21.